The number of nitrogens with one attached hydrogen (secondary N) is 2. The van der Waals surface area contributed by atoms with E-state index in [0.29, 0.717) is 16.9 Å². The lowest BCUT2D eigenvalue weighted by Crippen LogP contribution is -2.24. The maximum atomic E-state index is 12.5. The van der Waals surface area contributed by atoms with E-state index in [-0.39, 0.29) is 5.75 Å². The number of nitrogens with zero attached hydrogens (tertiary/aromatic N) is 2. The predicted molar refractivity (Wildman–Crippen MR) is 85.7 cm³/mol. The average Bonchev–Trinajstić information content (AvgIpc) is 3.10. The molecule has 0 aliphatic carbocycles. The summed E-state index contributed by atoms with van der Waals surface area (Å²) in [6.45, 7) is 1.82. The molecule has 1 aromatic carbocycles. The van der Waals surface area contributed by atoms with Crippen molar-refractivity contribution in [2.24, 2.45) is 0 Å². The number of nitriles is 1. The van der Waals surface area contributed by atoms with Crippen LogP contribution in [0.15, 0.2) is 46.3 Å². The molecule has 0 radical (unpaired) electrons. The van der Waals surface area contributed by atoms with Crippen LogP contribution in [0.25, 0.3) is 10.9 Å². The molecular weight excluding hydrogens is 312 g/mol. The highest BCUT2D eigenvalue weighted by Gasteiger charge is 2.41. The zero-order chi connectivity index (χ0) is 16.2. The third-order valence-corrected chi connectivity index (χ3v) is 6.36. The van der Waals surface area contributed by atoms with E-state index in [2.05, 4.69) is 21.6 Å². The van der Waals surface area contributed by atoms with E-state index in [1.165, 1.54) is 0 Å². The molecule has 1 unspecified atom stereocenters. The van der Waals surface area contributed by atoms with Crippen LogP contribution in [-0.4, -0.2) is 24.4 Å². The lowest BCUT2D eigenvalue weighted by molar-refractivity contribution is 0.602. The van der Waals surface area contributed by atoms with Gasteiger partial charge in [0, 0.05) is 23.2 Å². The second-order valence-corrected chi connectivity index (χ2v) is 7.91. The van der Waals surface area contributed by atoms with Gasteiger partial charge in [0.05, 0.1) is 39.9 Å². The van der Waals surface area contributed by atoms with Gasteiger partial charge in [-0.1, -0.05) is 6.07 Å². The lowest BCUT2D eigenvalue weighted by atomic mass is 9.86. The third kappa shape index (κ3) is 1.99. The second-order valence-electron chi connectivity index (χ2n) is 5.84. The summed E-state index contributed by atoms with van der Waals surface area (Å²) in [7, 11) is -3.34. The van der Waals surface area contributed by atoms with Crippen molar-refractivity contribution in [2.45, 2.75) is 19.3 Å². The van der Waals surface area contributed by atoms with Crippen molar-refractivity contribution in [3.05, 3.63) is 51.8 Å². The smallest absolute Gasteiger partial charge is 0.177 e. The molecule has 2 N–H and O–H groups in total. The summed E-state index contributed by atoms with van der Waals surface area (Å²) in [6.07, 6.45) is 2.17. The largest absolute Gasteiger partial charge is 0.361 e. The normalized spacial score (nSPS) is 22.9. The summed E-state index contributed by atoms with van der Waals surface area (Å²) in [5, 5.41) is 20.4. The van der Waals surface area contributed by atoms with Crippen molar-refractivity contribution in [1.29, 1.82) is 5.26 Å². The van der Waals surface area contributed by atoms with Crippen LogP contribution in [0, 0.1) is 11.3 Å². The molecule has 6 nitrogen and oxygen atoms in total. The summed E-state index contributed by atoms with van der Waals surface area (Å²) in [5.74, 6) is -0.441. The number of H-pyrrole nitrogens is 1. The van der Waals surface area contributed by atoms with E-state index in [1.54, 1.807) is 6.20 Å². The molecule has 116 valence electrons. The highest BCUT2D eigenvalue weighted by molar-refractivity contribution is 7.95. The molecule has 3 heterocycles. The number of aromatic amines is 1. The first-order valence-corrected chi connectivity index (χ1v) is 8.93. The van der Waals surface area contributed by atoms with Gasteiger partial charge in [-0.05, 0) is 24.6 Å². The molecule has 2 aromatic rings. The van der Waals surface area contributed by atoms with Gasteiger partial charge in [0.25, 0.3) is 0 Å². The third-order valence-electron chi connectivity index (χ3n) is 4.46. The second kappa shape index (κ2) is 4.70. The average molecular weight is 326 g/mol. The number of sulfone groups is 1. The minimum atomic E-state index is -3.34. The molecule has 2 aliphatic rings. The molecule has 0 spiro atoms. The fourth-order valence-corrected chi connectivity index (χ4v) is 5.22. The molecule has 0 saturated carbocycles. The number of fused-ring (bicyclic) bond motifs is 1. The number of allylic oxidation sites excluding steroid dienone is 4. The fraction of sp³-hybridized carbons (Fsp3) is 0.250. The van der Waals surface area contributed by atoms with E-state index in [9.17, 15) is 13.7 Å². The number of hydrogen-bond donors (Lipinski definition) is 2. The van der Waals surface area contributed by atoms with Crippen molar-refractivity contribution >= 4 is 20.7 Å². The zero-order valence-corrected chi connectivity index (χ0v) is 13.2. The molecule has 7 heteroatoms. The standard InChI is InChI=1S/C16H14N4O2S/c1-9-12(7-17)15(16-14(19-9)4-5-23(16,21)22)10-2-3-13-11(6-10)8-18-20-13/h2-3,6,8,15,19H,4-5H2,1H3,(H,18,20). The van der Waals surface area contributed by atoms with Crippen molar-refractivity contribution < 1.29 is 8.42 Å². The van der Waals surface area contributed by atoms with Gasteiger partial charge >= 0.3 is 0 Å². The monoisotopic (exact) mass is 326 g/mol. The molecule has 0 saturated heterocycles. The first-order valence-electron chi connectivity index (χ1n) is 7.28. The molecule has 0 bridgehead atoms. The molecule has 0 fully saturated rings. The first-order chi connectivity index (χ1) is 11.0. The van der Waals surface area contributed by atoms with Gasteiger partial charge in [-0.15, -0.1) is 0 Å². The van der Waals surface area contributed by atoms with Crippen LogP contribution in [0.4, 0.5) is 0 Å². The molecule has 0 amide bonds. The van der Waals surface area contributed by atoms with Gasteiger partial charge in [-0.2, -0.15) is 10.4 Å². The maximum Gasteiger partial charge on any atom is 0.177 e. The van der Waals surface area contributed by atoms with Gasteiger partial charge < -0.3 is 5.32 Å². The molecule has 4 rings (SSSR count). The Morgan fingerprint density at radius 2 is 2.22 bits per heavy atom. The molecule has 23 heavy (non-hydrogen) atoms. The van der Waals surface area contributed by atoms with Crippen LogP contribution in [0.1, 0.15) is 24.8 Å². The van der Waals surface area contributed by atoms with Gasteiger partial charge in [0.2, 0.25) is 0 Å². The zero-order valence-electron chi connectivity index (χ0n) is 12.4. The Morgan fingerprint density at radius 1 is 1.39 bits per heavy atom. The molecule has 2 aliphatic heterocycles. The Morgan fingerprint density at radius 3 is 3.00 bits per heavy atom. The van der Waals surface area contributed by atoms with E-state index in [4.69, 9.17) is 0 Å². The Hall–Kier alpha value is -2.59. The van der Waals surface area contributed by atoms with Crippen LogP contribution >= 0.6 is 0 Å². The van der Waals surface area contributed by atoms with Crippen LogP contribution in [0.3, 0.4) is 0 Å². The van der Waals surface area contributed by atoms with Crippen LogP contribution in [-0.2, 0) is 9.84 Å². The summed E-state index contributed by atoms with van der Waals surface area (Å²) >= 11 is 0. The van der Waals surface area contributed by atoms with Crippen molar-refractivity contribution in [3.8, 4) is 6.07 Å². The SMILES string of the molecule is CC1=C(C#N)C(c2ccc3[nH]ncc3c2)C2=C(CCS2(=O)=O)N1. The van der Waals surface area contributed by atoms with Crippen molar-refractivity contribution in [3.63, 3.8) is 0 Å². The maximum absolute atomic E-state index is 12.5. The van der Waals surface area contributed by atoms with Crippen LogP contribution in [0.2, 0.25) is 0 Å². The van der Waals surface area contributed by atoms with Gasteiger partial charge in [0.1, 0.15) is 0 Å². The first kappa shape index (κ1) is 14.0. The minimum Gasteiger partial charge on any atom is -0.361 e. The van der Waals surface area contributed by atoms with Gasteiger partial charge in [0.15, 0.2) is 9.84 Å². The van der Waals surface area contributed by atoms with Crippen LogP contribution in [0.5, 0.6) is 0 Å². The summed E-state index contributed by atoms with van der Waals surface area (Å²) in [5.41, 5.74) is 3.58. The molecule has 1 aromatic heterocycles. The molecular formula is C16H14N4O2S. The number of benzene rings is 1. The lowest BCUT2D eigenvalue weighted by Gasteiger charge is -2.26. The van der Waals surface area contributed by atoms with Gasteiger partial charge in [-0.3, -0.25) is 5.10 Å². The Kier molecular flexibility index (Phi) is 2.87. The van der Waals surface area contributed by atoms with E-state index >= 15 is 0 Å². The van der Waals surface area contributed by atoms with E-state index in [1.807, 2.05) is 25.1 Å². The van der Waals surface area contributed by atoms with Crippen molar-refractivity contribution in [2.75, 3.05) is 5.75 Å². The minimum absolute atomic E-state index is 0.0983. The number of rotatable bonds is 1. The Labute approximate surface area is 133 Å². The summed E-state index contributed by atoms with van der Waals surface area (Å²) < 4.78 is 25.0. The van der Waals surface area contributed by atoms with Crippen LogP contribution < -0.4 is 5.32 Å². The Bertz CT molecular complexity index is 1040. The molecule has 1 atom stereocenters. The number of dihydropyridines is 1. The van der Waals surface area contributed by atoms with E-state index in [0.717, 1.165) is 27.9 Å². The highest BCUT2D eigenvalue weighted by Crippen LogP contribution is 2.44. The van der Waals surface area contributed by atoms with E-state index < -0.39 is 15.8 Å². The predicted octanol–water partition coefficient (Wildman–Crippen LogP) is 2.08. The van der Waals surface area contributed by atoms with Gasteiger partial charge in [-0.25, -0.2) is 8.42 Å². The summed E-state index contributed by atoms with van der Waals surface area (Å²) in [6, 6.07) is 7.82. The fourth-order valence-electron chi connectivity index (χ4n) is 3.38. The quantitative estimate of drug-likeness (QED) is 0.836. The Balaban J connectivity index is 1.97. The topological polar surface area (TPSA) is 98.6 Å². The number of aromatic nitrogens is 2. The van der Waals surface area contributed by atoms with Crippen molar-refractivity contribution in [1.82, 2.24) is 15.5 Å². The number of hydrogen-bond acceptors (Lipinski definition) is 5. The summed E-state index contributed by atoms with van der Waals surface area (Å²) in [4.78, 5) is 0.350. The highest BCUT2D eigenvalue weighted by atomic mass is 32.2.